The first-order valence-electron chi connectivity index (χ1n) is 26.6. The van der Waals surface area contributed by atoms with Crippen LogP contribution in [0.4, 0.5) is 0 Å². The van der Waals surface area contributed by atoms with Crippen LogP contribution in [0.3, 0.4) is 0 Å². The Morgan fingerprint density at radius 3 is 2.41 bits per heavy atom. The van der Waals surface area contributed by atoms with E-state index in [1.54, 1.807) is 0 Å². The van der Waals surface area contributed by atoms with Gasteiger partial charge in [-0.25, -0.2) is 9.98 Å². The van der Waals surface area contributed by atoms with Crippen molar-refractivity contribution >= 4 is 28.1 Å². The summed E-state index contributed by atoms with van der Waals surface area (Å²) in [6, 6.07) is 38.5. The molecule has 5 nitrogen and oxygen atoms in total. The third-order valence-electron chi connectivity index (χ3n) is 17.0. The molecule has 0 spiro atoms. The highest BCUT2D eigenvalue weighted by Gasteiger charge is 2.46. The predicted molar refractivity (Wildman–Crippen MR) is 290 cm³/mol. The maximum absolute atomic E-state index is 7.49. The molecule has 70 heavy (non-hydrogen) atoms. The molecule has 5 heteroatoms. The molecule has 350 valence electrons. The molecule has 6 aliphatic carbocycles. The summed E-state index contributed by atoms with van der Waals surface area (Å²) in [4.78, 5) is 11.5. The van der Waals surface area contributed by atoms with Gasteiger partial charge in [-0.3, -0.25) is 0 Å². The van der Waals surface area contributed by atoms with Crippen LogP contribution in [-0.4, -0.2) is 22.4 Å². The molecule has 6 aromatic rings. The Labute approximate surface area is 413 Å². The maximum atomic E-state index is 7.49. The second-order valence-electron chi connectivity index (χ2n) is 21.3. The lowest BCUT2D eigenvalue weighted by atomic mass is 9.64. The van der Waals surface area contributed by atoms with Crippen molar-refractivity contribution in [1.29, 1.82) is 0 Å². The van der Waals surface area contributed by atoms with Crippen LogP contribution < -0.4 is 5.32 Å². The van der Waals surface area contributed by atoms with E-state index in [1.807, 2.05) is 0 Å². The van der Waals surface area contributed by atoms with E-state index in [4.69, 9.17) is 14.4 Å². The number of aromatic nitrogens is 1. The Kier molecular flexibility index (Phi) is 11.1. The normalized spacial score (nSPS) is 24.1. The molecular formula is C65H64N4O. The molecule has 0 amide bonds. The predicted octanol–water partition coefficient (Wildman–Crippen LogP) is 16.0. The van der Waals surface area contributed by atoms with E-state index in [1.165, 1.54) is 102 Å². The Balaban J connectivity index is 1.00. The summed E-state index contributed by atoms with van der Waals surface area (Å²) in [5.41, 5.74) is 19.8. The minimum atomic E-state index is -0.382. The monoisotopic (exact) mass is 917 g/mol. The van der Waals surface area contributed by atoms with Crippen LogP contribution in [0.25, 0.3) is 44.4 Å². The highest BCUT2D eigenvalue weighted by atomic mass is 16.3. The average Bonchev–Trinajstić information content (AvgIpc) is 3.99. The number of allylic oxidation sites excluding steroid dienone is 10. The molecule has 0 saturated heterocycles. The Bertz CT molecular complexity index is 3310. The van der Waals surface area contributed by atoms with Crippen LogP contribution in [0.5, 0.6) is 0 Å². The lowest BCUT2D eigenvalue weighted by Crippen LogP contribution is -2.44. The zero-order valence-corrected chi connectivity index (χ0v) is 40.9. The largest absolute Gasteiger partial charge is 0.464 e. The van der Waals surface area contributed by atoms with Gasteiger partial charge in [0.1, 0.15) is 23.5 Å². The SMILES string of the molecule is CC1=CC(C2(C)CCCc3c2oc2c3-c3c(n(-c4ccccc4)c4ccccc34)CC2)=C(C2=NC(C3=CC=CCC3)NC(C3CC=CCC3)=N2)CC1c1cc(C2=CCCCC2)cc(-c2ccccc2)c1. The van der Waals surface area contributed by atoms with Crippen molar-refractivity contribution in [3.05, 3.63) is 202 Å². The van der Waals surface area contributed by atoms with Gasteiger partial charge < -0.3 is 14.3 Å². The lowest BCUT2D eigenvalue weighted by molar-refractivity contribution is 0.340. The van der Waals surface area contributed by atoms with E-state index in [0.717, 1.165) is 107 Å². The van der Waals surface area contributed by atoms with Gasteiger partial charge in [0, 0.05) is 57.3 Å². The molecule has 0 saturated carbocycles. The molecule has 2 aromatic heterocycles. The van der Waals surface area contributed by atoms with E-state index in [9.17, 15) is 0 Å². The molecule has 0 fully saturated rings. The maximum Gasteiger partial charge on any atom is 0.155 e. The molecule has 1 aliphatic heterocycles. The number of nitrogens with zero attached hydrogens (tertiary/aromatic N) is 3. The van der Waals surface area contributed by atoms with Gasteiger partial charge in [0.25, 0.3) is 0 Å². The Morgan fingerprint density at radius 2 is 1.60 bits per heavy atom. The number of benzene rings is 4. The fourth-order valence-electron chi connectivity index (χ4n) is 13.4. The van der Waals surface area contributed by atoms with Crippen LogP contribution in [-0.2, 0) is 24.7 Å². The van der Waals surface area contributed by atoms with Gasteiger partial charge >= 0.3 is 0 Å². The molecule has 4 unspecified atom stereocenters. The third kappa shape index (κ3) is 7.50. The van der Waals surface area contributed by atoms with Gasteiger partial charge in [0.2, 0.25) is 0 Å². The standard InChI is InChI=1S/C65H64N4O/c1-42-37-55(65(2)36-20-32-52-60-58(70-61(52)65)35-34-57-59(60)51-31-18-19-33-56(51)69(57)50-29-16-7-17-30-50)54(64-67-62(45-25-12-5-13-26-45)66-63(68-64)46-27-14-6-15-28-46)41-53(42)49-39-47(43-21-8-3-9-22-43)38-48(40-49)44-23-10-4-11-24-44/h3,5-9,12,14,16-19,21-23,25,29-31,33,37-40,46,53,62H,4,10-11,13,15,20,24,26-28,32,34-36,41H2,1-2H3,(H,66,67,68). The fraction of sp³-hybridized carbons (Fsp3) is 0.323. The summed E-state index contributed by atoms with van der Waals surface area (Å²) in [7, 11) is 0. The first-order valence-corrected chi connectivity index (χ1v) is 26.6. The van der Waals surface area contributed by atoms with Crippen molar-refractivity contribution in [1.82, 2.24) is 9.88 Å². The van der Waals surface area contributed by atoms with Gasteiger partial charge in [-0.05, 0) is 167 Å². The summed E-state index contributed by atoms with van der Waals surface area (Å²) >= 11 is 0. The lowest BCUT2D eigenvalue weighted by Gasteiger charge is -2.40. The van der Waals surface area contributed by atoms with Crippen LogP contribution in [0.1, 0.15) is 131 Å². The molecule has 0 radical (unpaired) electrons. The Hall–Kier alpha value is -6.72. The zero-order chi connectivity index (χ0) is 46.8. The number of nitrogens with one attached hydrogen (secondary N) is 1. The van der Waals surface area contributed by atoms with Gasteiger partial charge in [0.05, 0.1) is 10.9 Å². The molecule has 3 heterocycles. The van der Waals surface area contributed by atoms with E-state index in [0.29, 0.717) is 5.92 Å². The molecule has 13 rings (SSSR count). The highest BCUT2D eigenvalue weighted by Crippen LogP contribution is 2.55. The van der Waals surface area contributed by atoms with Crippen LogP contribution in [0.15, 0.2) is 182 Å². The minimum absolute atomic E-state index is 0.144. The highest BCUT2D eigenvalue weighted by molar-refractivity contribution is 6.10. The topological polar surface area (TPSA) is 54.8 Å². The quantitative estimate of drug-likeness (QED) is 0.155. The number of rotatable bonds is 8. The third-order valence-corrected chi connectivity index (χ3v) is 17.0. The van der Waals surface area contributed by atoms with Crippen LogP contribution in [0, 0.1) is 5.92 Å². The number of hydrogen-bond donors (Lipinski definition) is 1. The van der Waals surface area contributed by atoms with Gasteiger partial charge in [0.15, 0.2) is 5.84 Å². The van der Waals surface area contributed by atoms with Crippen molar-refractivity contribution in [3.63, 3.8) is 0 Å². The second-order valence-corrected chi connectivity index (χ2v) is 21.3. The molecular weight excluding hydrogens is 853 g/mol. The number of aliphatic imine (C=N–C) groups is 2. The number of furan rings is 1. The molecule has 1 N–H and O–H groups in total. The summed E-state index contributed by atoms with van der Waals surface area (Å²) in [5.74, 6) is 4.84. The Morgan fingerprint density at radius 1 is 0.757 bits per heavy atom. The van der Waals surface area contributed by atoms with E-state index < -0.39 is 0 Å². The molecule has 4 aromatic carbocycles. The van der Waals surface area contributed by atoms with E-state index in [2.05, 4.69) is 169 Å². The van der Waals surface area contributed by atoms with Gasteiger partial charge in [-0.1, -0.05) is 127 Å². The first-order chi connectivity index (χ1) is 34.5. The van der Waals surface area contributed by atoms with Crippen LogP contribution >= 0.6 is 0 Å². The zero-order valence-electron chi connectivity index (χ0n) is 40.9. The van der Waals surface area contributed by atoms with Gasteiger partial charge in [-0.15, -0.1) is 0 Å². The summed E-state index contributed by atoms with van der Waals surface area (Å²) < 4.78 is 10.0. The van der Waals surface area contributed by atoms with Crippen molar-refractivity contribution in [2.45, 2.75) is 128 Å². The van der Waals surface area contributed by atoms with Gasteiger partial charge in [-0.2, -0.15) is 0 Å². The molecule has 4 atom stereocenters. The minimum Gasteiger partial charge on any atom is -0.464 e. The van der Waals surface area contributed by atoms with Crippen molar-refractivity contribution in [3.8, 4) is 27.9 Å². The first kappa shape index (κ1) is 43.3. The summed E-state index contributed by atoms with van der Waals surface area (Å²) in [6.07, 6.45) is 32.3. The number of fused-ring (bicyclic) bond motifs is 7. The number of hydrogen-bond acceptors (Lipinski definition) is 4. The van der Waals surface area contributed by atoms with Crippen LogP contribution in [0.2, 0.25) is 0 Å². The number of aryl methyl sites for hydroxylation is 1. The van der Waals surface area contributed by atoms with Crippen molar-refractivity contribution in [2.75, 3.05) is 0 Å². The van der Waals surface area contributed by atoms with E-state index in [-0.39, 0.29) is 17.5 Å². The summed E-state index contributed by atoms with van der Waals surface area (Å²) in [6.45, 7) is 4.90. The average molecular weight is 917 g/mol. The fourth-order valence-corrected chi connectivity index (χ4v) is 13.4. The molecule has 7 aliphatic rings. The van der Waals surface area contributed by atoms with E-state index >= 15 is 0 Å². The second kappa shape index (κ2) is 17.9. The summed E-state index contributed by atoms with van der Waals surface area (Å²) in [5, 5.41) is 5.25. The number of para-hydroxylation sites is 2. The van der Waals surface area contributed by atoms with Crippen molar-refractivity contribution in [2.24, 2.45) is 15.9 Å². The smallest absolute Gasteiger partial charge is 0.155 e. The number of amidine groups is 2. The van der Waals surface area contributed by atoms with Crippen molar-refractivity contribution < 1.29 is 4.42 Å². The molecule has 0 bridgehead atoms.